The molecule has 1 N–H and O–H groups in total. The Morgan fingerprint density at radius 2 is 1.86 bits per heavy atom. The van der Waals surface area contributed by atoms with Gasteiger partial charge in [-0.2, -0.15) is 0 Å². The summed E-state index contributed by atoms with van der Waals surface area (Å²) in [6.45, 7) is 4.84. The van der Waals surface area contributed by atoms with E-state index in [1.54, 1.807) is 6.20 Å². The molecular weight excluding hydrogens is 473 g/mol. The monoisotopic (exact) mass is 495 g/mol. The lowest BCUT2D eigenvalue weighted by molar-refractivity contribution is -0.117. The molecule has 11 heteroatoms. The van der Waals surface area contributed by atoms with E-state index in [1.807, 2.05) is 12.1 Å². The van der Waals surface area contributed by atoms with Crippen LogP contribution in [0.1, 0.15) is 5.56 Å². The molecule has 0 radical (unpaired) electrons. The van der Waals surface area contributed by atoms with Gasteiger partial charge in [-0.3, -0.25) is 4.79 Å². The molecule has 5 rings (SSSR count). The highest BCUT2D eigenvalue weighted by molar-refractivity contribution is 6.31. The van der Waals surface area contributed by atoms with Crippen molar-refractivity contribution in [3.8, 4) is 0 Å². The zero-order valence-corrected chi connectivity index (χ0v) is 19.7. The van der Waals surface area contributed by atoms with E-state index in [1.165, 1.54) is 34.0 Å². The topological polar surface area (TPSA) is 87.8 Å². The Labute approximate surface area is 205 Å². The van der Waals surface area contributed by atoms with Crippen LogP contribution in [0, 0.1) is 12.7 Å². The number of carbonyl (C=O) groups excluding carboxylic acids is 1. The van der Waals surface area contributed by atoms with Crippen LogP contribution in [0.5, 0.6) is 0 Å². The number of nitrogens with zero attached hydrogens (tertiary/aromatic N) is 6. The Morgan fingerprint density at radius 1 is 1.11 bits per heavy atom. The molecule has 9 nitrogen and oxygen atoms in total. The molecule has 180 valence electrons. The van der Waals surface area contributed by atoms with Gasteiger partial charge in [0.2, 0.25) is 11.6 Å². The Bertz CT molecular complexity index is 1460. The molecule has 2 aromatic carbocycles. The van der Waals surface area contributed by atoms with Crippen molar-refractivity contribution >= 4 is 40.3 Å². The summed E-state index contributed by atoms with van der Waals surface area (Å²) < 4.78 is 15.8. The van der Waals surface area contributed by atoms with Crippen molar-refractivity contribution in [2.24, 2.45) is 0 Å². The smallest absolute Gasteiger partial charge is 0.350 e. The summed E-state index contributed by atoms with van der Waals surface area (Å²) in [5, 5.41) is 6.89. The Morgan fingerprint density at radius 3 is 2.60 bits per heavy atom. The van der Waals surface area contributed by atoms with Gasteiger partial charge in [-0.15, -0.1) is 5.10 Å². The maximum Gasteiger partial charge on any atom is 0.350 e. The second-order valence-electron chi connectivity index (χ2n) is 8.32. The van der Waals surface area contributed by atoms with Crippen LogP contribution in [0.2, 0.25) is 5.02 Å². The minimum atomic E-state index is -0.582. The second kappa shape index (κ2) is 9.38. The van der Waals surface area contributed by atoms with E-state index in [-0.39, 0.29) is 11.6 Å². The molecule has 2 aromatic heterocycles. The predicted molar refractivity (Wildman–Crippen MR) is 133 cm³/mol. The zero-order valence-electron chi connectivity index (χ0n) is 19.0. The number of anilines is 3. The molecule has 0 aliphatic carbocycles. The molecule has 1 aliphatic heterocycles. The van der Waals surface area contributed by atoms with Crippen LogP contribution in [0.4, 0.5) is 21.6 Å². The molecule has 0 unspecified atom stereocenters. The number of para-hydroxylation sites is 1. The average Bonchev–Trinajstić information content (AvgIpc) is 3.17. The Kier molecular flexibility index (Phi) is 6.12. The summed E-state index contributed by atoms with van der Waals surface area (Å²) in [5.74, 6) is -0.473. The first kappa shape index (κ1) is 22.9. The first-order valence-corrected chi connectivity index (χ1v) is 11.5. The summed E-state index contributed by atoms with van der Waals surface area (Å²) in [5.41, 5.74) is 2.71. The molecule has 0 atom stereocenters. The number of rotatable bonds is 5. The van der Waals surface area contributed by atoms with E-state index in [9.17, 15) is 14.0 Å². The third kappa shape index (κ3) is 4.57. The standard InChI is InChI=1S/C24H23ClFN7O2/c1-16-4-2-3-5-20(16)30-10-12-31(13-11-30)22-23-29-33(24(35)32(23)9-8-27-22)15-21(34)28-17-6-7-19(26)18(25)14-17/h2-9,14H,10-13,15H2,1H3,(H,28,34). The van der Waals surface area contributed by atoms with Crippen LogP contribution < -0.4 is 20.8 Å². The first-order chi connectivity index (χ1) is 16.9. The lowest BCUT2D eigenvalue weighted by Crippen LogP contribution is -2.47. The molecule has 4 aromatic rings. The zero-order chi connectivity index (χ0) is 24.5. The van der Waals surface area contributed by atoms with Crippen LogP contribution in [0.3, 0.4) is 0 Å². The molecule has 3 heterocycles. The van der Waals surface area contributed by atoms with E-state index in [0.717, 1.165) is 23.8 Å². The highest BCUT2D eigenvalue weighted by Gasteiger charge is 2.23. The van der Waals surface area contributed by atoms with Crippen molar-refractivity contribution in [3.05, 3.63) is 81.7 Å². The van der Waals surface area contributed by atoms with Gasteiger partial charge >= 0.3 is 5.69 Å². The van der Waals surface area contributed by atoms with Gasteiger partial charge < -0.3 is 15.1 Å². The fourth-order valence-corrected chi connectivity index (χ4v) is 4.43. The Balaban J connectivity index is 1.33. The van der Waals surface area contributed by atoms with E-state index < -0.39 is 17.4 Å². The van der Waals surface area contributed by atoms with Gasteiger partial charge in [0.15, 0.2) is 5.82 Å². The van der Waals surface area contributed by atoms with Crippen LogP contribution >= 0.6 is 11.6 Å². The summed E-state index contributed by atoms with van der Waals surface area (Å²) in [6, 6.07) is 12.1. The number of halogens is 2. The van der Waals surface area contributed by atoms with Crippen molar-refractivity contribution in [1.82, 2.24) is 19.2 Å². The van der Waals surface area contributed by atoms with E-state index in [0.29, 0.717) is 30.2 Å². The summed E-state index contributed by atoms with van der Waals surface area (Å²) >= 11 is 5.77. The number of piperazine rings is 1. The second-order valence-corrected chi connectivity index (χ2v) is 8.73. The normalized spacial score (nSPS) is 13.9. The number of carbonyl (C=O) groups is 1. The van der Waals surface area contributed by atoms with Crippen molar-refractivity contribution in [3.63, 3.8) is 0 Å². The third-order valence-electron chi connectivity index (χ3n) is 6.02. The summed E-state index contributed by atoms with van der Waals surface area (Å²) in [6.07, 6.45) is 3.09. The Hall–Kier alpha value is -3.92. The number of fused-ring (bicyclic) bond motifs is 1. The van der Waals surface area contributed by atoms with E-state index in [4.69, 9.17) is 11.6 Å². The van der Waals surface area contributed by atoms with Crippen molar-refractivity contribution in [2.75, 3.05) is 41.3 Å². The number of aryl methyl sites for hydroxylation is 1. The average molecular weight is 496 g/mol. The number of amides is 1. The molecule has 1 amide bonds. The summed E-state index contributed by atoms with van der Waals surface area (Å²) in [7, 11) is 0. The number of aromatic nitrogens is 4. The van der Waals surface area contributed by atoms with Gasteiger partial charge in [0, 0.05) is 49.9 Å². The number of hydrogen-bond acceptors (Lipinski definition) is 6. The lowest BCUT2D eigenvalue weighted by atomic mass is 10.1. The fraction of sp³-hybridized carbons (Fsp3) is 0.250. The van der Waals surface area contributed by atoms with Crippen LogP contribution in [0.25, 0.3) is 5.65 Å². The maximum absolute atomic E-state index is 13.4. The van der Waals surface area contributed by atoms with Gasteiger partial charge in [0.25, 0.3) is 0 Å². The van der Waals surface area contributed by atoms with E-state index in [2.05, 4.69) is 44.3 Å². The highest BCUT2D eigenvalue weighted by atomic mass is 35.5. The molecule has 0 bridgehead atoms. The minimum Gasteiger partial charge on any atom is -0.368 e. The van der Waals surface area contributed by atoms with E-state index >= 15 is 0 Å². The van der Waals surface area contributed by atoms with Gasteiger partial charge in [-0.1, -0.05) is 29.8 Å². The van der Waals surface area contributed by atoms with Gasteiger partial charge in [0.05, 0.1) is 5.02 Å². The molecular formula is C24H23ClFN7O2. The van der Waals surface area contributed by atoms with Crippen LogP contribution in [-0.2, 0) is 11.3 Å². The predicted octanol–water partition coefficient (Wildman–Crippen LogP) is 2.96. The van der Waals surface area contributed by atoms with Crippen molar-refractivity contribution < 1.29 is 9.18 Å². The van der Waals surface area contributed by atoms with Gasteiger partial charge in [-0.05, 0) is 36.8 Å². The molecule has 35 heavy (non-hydrogen) atoms. The fourth-order valence-electron chi connectivity index (χ4n) is 4.25. The first-order valence-electron chi connectivity index (χ1n) is 11.2. The van der Waals surface area contributed by atoms with Crippen LogP contribution in [-0.4, -0.2) is 51.3 Å². The highest BCUT2D eigenvalue weighted by Crippen LogP contribution is 2.24. The third-order valence-corrected chi connectivity index (χ3v) is 6.30. The number of benzene rings is 2. The van der Waals surface area contributed by atoms with Gasteiger partial charge in [-0.25, -0.2) is 23.3 Å². The summed E-state index contributed by atoms with van der Waals surface area (Å²) in [4.78, 5) is 34.3. The molecule has 0 spiro atoms. The number of nitrogens with one attached hydrogen (secondary N) is 1. The SMILES string of the molecule is Cc1ccccc1N1CCN(c2nccn3c(=O)n(CC(=O)Nc4ccc(F)c(Cl)c4)nc23)CC1. The molecule has 1 saturated heterocycles. The quantitative estimate of drug-likeness (QED) is 0.458. The molecule has 1 aliphatic rings. The minimum absolute atomic E-state index is 0.106. The molecule has 0 saturated carbocycles. The largest absolute Gasteiger partial charge is 0.368 e. The van der Waals surface area contributed by atoms with Crippen LogP contribution in [0.15, 0.2) is 59.7 Å². The van der Waals surface area contributed by atoms with Gasteiger partial charge in [0.1, 0.15) is 12.4 Å². The molecule has 1 fully saturated rings. The van der Waals surface area contributed by atoms with Crippen molar-refractivity contribution in [2.45, 2.75) is 13.5 Å². The lowest BCUT2D eigenvalue weighted by Gasteiger charge is -2.37. The number of hydrogen-bond donors (Lipinski definition) is 1. The maximum atomic E-state index is 13.4. The van der Waals surface area contributed by atoms with Crippen molar-refractivity contribution in [1.29, 1.82) is 0 Å².